The molecule has 10 heteroatoms. The molecule has 138 valence electrons. The fraction of sp³-hybridized carbons (Fsp3) is 0.714. The van der Waals surface area contributed by atoms with Crippen molar-refractivity contribution in [2.75, 3.05) is 20.2 Å². The molecule has 0 rings (SSSR count). The first-order chi connectivity index (χ1) is 11.3. The SMILES string of the molecule is COC(=O)C(CCCN=C(N)N)NC(=O)C(C)CCCN=C(N)N. The Labute approximate surface area is 142 Å². The lowest BCUT2D eigenvalue weighted by Crippen LogP contribution is -2.43. The minimum absolute atomic E-state index is 0.0111. The van der Waals surface area contributed by atoms with Gasteiger partial charge in [0, 0.05) is 19.0 Å². The Morgan fingerprint density at radius 1 is 1.00 bits per heavy atom. The average Bonchev–Trinajstić information content (AvgIpc) is 2.52. The van der Waals surface area contributed by atoms with Gasteiger partial charge in [0.25, 0.3) is 0 Å². The molecule has 0 saturated heterocycles. The number of hydrogen-bond acceptors (Lipinski definition) is 5. The number of guanidine groups is 2. The van der Waals surface area contributed by atoms with E-state index in [2.05, 4.69) is 15.3 Å². The van der Waals surface area contributed by atoms with Crippen LogP contribution in [0.4, 0.5) is 0 Å². The quantitative estimate of drug-likeness (QED) is 0.129. The number of amides is 1. The highest BCUT2D eigenvalue weighted by molar-refractivity contribution is 5.85. The van der Waals surface area contributed by atoms with Gasteiger partial charge in [-0.2, -0.15) is 0 Å². The topological polar surface area (TPSA) is 184 Å². The van der Waals surface area contributed by atoms with E-state index in [0.29, 0.717) is 38.8 Å². The largest absolute Gasteiger partial charge is 0.467 e. The molecular formula is C14H29N7O3. The van der Waals surface area contributed by atoms with Crippen molar-refractivity contribution in [1.29, 1.82) is 0 Å². The minimum Gasteiger partial charge on any atom is -0.467 e. The molecule has 2 atom stereocenters. The molecule has 0 aliphatic heterocycles. The zero-order chi connectivity index (χ0) is 18.5. The third-order valence-corrected chi connectivity index (χ3v) is 3.28. The van der Waals surface area contributed by atoms with Crippen LogP contribution in [0, 0.1) is 5.92 Å². The van der Waals surface area contributed by atoms with Crippen LogP contribution in [0.2, 0.25) is 0 Å². The van der Waals surface area contributed by atoms with Crippen molar-refractivity contribution in [1.82, 2.24) is 5.32 Å². The van der Waals surface area contributed by atoms with Crippen molar-refractivity contribution in [2.24, 2.45) is 38.8 Å². The molecule has 0 aliphatic carbocycles. The van der Waals surface area contributed by atoms with E-state index in [1.807, 2.05) is 0 Å². The van der Waals surface area contributed by atoms with Crippen molar-refractivity contribution >= 4 is 23.8 Å². The second-order valence-electron chi connectivity index (χ2n) is 5.38. The van der Waals surface area contributed by atoms with E-state index >= 15 is 0 Å². The predicted octanol–water partition coefficient (Wildman–Crippen LogP) is -1.61. The molecule has 0 aliphatic rings. The van der Waals surface area contributed by atoms with Gasteiger partial charge in [0.2, 0.25) is 5.91 Å². The van der Waals surface area contributed by atoms with Crippen molar-refractivity contribution in [3.63, 3.8) is 0 Å². The van der Waals surface area contributed by atoms with E-state index in [0.717, 1.165) is 0 Å². The monoisotopic (exact) mass is 343 g/mol. The Morgan fingerprint density at radius 3 is 1.96 bits per heavy atom. The van der Waals surface area contributed by atoms with Crippen LogP contribution in [-0.2, 0) is 14.3 Å². The van der Waals surface area contributed by atoms with Crippen LogP contribution in [0.5, 0.6) is 0 Å². The molecule has 0 radical (unpaired) electrons. The number of carbonyl (C=O) groups excluding carboxylic acids is 2. The number of methoxy groups -OCH3 is 1. The number of esters is 1. The lowest BCUT2D eigenvalue weighted by molar-refractivity contribution is -0.145. The van der Waals surface area contributed by atoms with Gasteiger partial charge >= 0.3 is 5.97 Å². The summed E-state index contributed by atoms with van der Waals surface area (Å²) in [6, 6.07) is -0.725. The summed E-state index contributed by atoms with van der Waals surface area (Å²) in [7, 11) is 1.27. The fourth-order valence-electron chi connectivity index (χ4n) is 1.95. The minimum atomic E-state index is -0.725. The van der Waals surface area contributed by atoms with Gasteiger partial charge in [0.15, 0.2) is 11.9 Å². The first-order valence-electron chi connectivity index (χ1n) is 7.76. The summed E-state index contributed by atoms with van der Waals surface area (Å²) in [5, 5.41) is 2.70. The van der Waals surface area contributed by atoms with E-state index in [1.54, 1.807) is 6.92 Å². The highest BCUT2D eigenvalue weighted by Crippen LogP contribution is 2.08. The Morgan fingerprint density at radius 2 is 1.50 bits per heavy atom. The van der Waals surface area contributed by atoms with Crippen LogP contribution in [0.15, 0.2) is 9.98 Å². The summed E-state index contributed by atoms with van der Waals surface area (Å²) in [5.41, 5.74) is 20.9. The number of aliphatic imine (C=N–C) groups is 2. The number of hydrogen-bond donors (Lipinski definition) is 5. The molecule has 0 bridgehead atoms. The molecular weight excluding hydrogens is 314 g/mol. The zero-order valence-electron chi connectivity index (χ0n) is 14.3. The number of ether oxygens (including phenoxy) is 1. The van der Waals surface area contributed by atoms with Crippen LogP contribution in [0.25, 0.3) is 0 Å². The predicted molar refractivity (Wildman–Crippen MR) is 92.9 cm³/mol. The maximum atomic E-state index is 12.2. The number of nitrogens with one attached hydrogen (secondary N) is 1. The molecule has 0 spiro atoms. The Hall–Kier alpha value is -2.52. The summed E-state index contributed by atoms with van der Waals surface area (Å²) in [6.07, 6.45) is 2.19. The normalized spacial score (nSPS) is 12.6. The fourth-order valence-corrected chi connectivity index (χ4v) is 1.95. The number of nitrogens with two attached hydrogens (primary N) is 4. The van der Waals surface area contributed by atoms with Crippen LogP contribution in [-0.4, -0.2) is 50.0 Å². The molecule has 0 aromatic rings. The Balaban J connectivity index is 4.39. The van der Waals surface area contributed by atoms with Gasteiger partial charge in [0.1, 0.15) is 6.04 Å². The molecule has 1 amide bonds. The van der Waals surface area contributed by atoms with Crippen LogP contribution < -0.4 is 28.3 Å². The molecule has 0 fully saturated rings. The van der Waals surface area contributed by atoms with Gasteiger partial charge in [-0.25, -0.2) is 4.79 Å². The third-order valence-electron chi connectivity index (χ3n) is 3.28. The molecule has 0 aromatic carbocycles. The van der Waals surface area contributed by atoms with Crippen LogP contribution in [0.3, 0.4) is 0 Å². The molecule has 24 heavy (non-hydrogen) atoms. The second kappa shape index (κ2) is 12.0. The van der Waals surface area contributed by atoms with Crippen molar-refractivity contribution in [3.05, 3.63) is 0 Å². The zero-order valence-corrected chi connectivity index (χ0v) is 14.3. The molecule has 0 heterocycles. The molecule has 10 nitrogen and oxygen atoms in total. The van der Waals surface area contributed by atoms with Crippen LogP contribution in [0.1, 0.15) is 32.6 Å². The highest BCUT2D eigenvalue weighted by atomic mass is 16.5. The lowest BCUT2D eigenvalue weighted by Gasteiger charge is -2.19. The lowest BCUT2D eigenvalue weighted by atomic mass is 10.0. The van der Waals surface area contributed by atoms with Gasteiger partial charge in [0.05, 0.1) is 7.11 Å². The second-order valence-corrected chi connectivity index (χ2v) is 5.38. The van der Waals surface area contributed by atoms with E-state index in [1.165, 1.54) is 7.11 Å². The maximum absolute atomic E-state index is 12.2. The van der Waals surface area contributed by atoms with Gasteiger partial charge in [-0.15, -0.1) is 0 Å². The molecule has 0 aromatic heterocycles. The van der Waals surface area contributed by atoms with Crippen molar-refractivity contribution in [2.45, 2.75) is 38.6 Å². The van der Waals surface area contributed by atoms with Crippen LogP contribution >= 0.6 is 0 Å². The van der Waals surface area contributed by atoms with Gasteiger partial charge in [-0.05, 0) is 25.7 Å². The van der Waals surface area contributed by atoms with E-state index in [4.69, 9.17) is 27.7 Å². The van der Waals surface area contributed by atoms with E-state index in [-0.39, 0.29) is 23.7 Å². The van der Waals surface area contributed by atoms with Crippen molar-refractivity contribution < 1.29 is 14.3 Å². The van der Waals surface area contributed by atoms with Crippen molar-refractivity contribution in [3.8, 4) is 0 Å². The summed E-state index contributed by atoms with van der Waals surface area (Å²) < 4.78 is 4.71. The summed E-state index contributed by atoms with van der Waals surface area (Å²) in [4.78, 5) is 31.6. The number of rotatable bonds is 11. The summed E-state index contributed by atoms with van der Waals surface area (Å²) in [6.45, 7) is 2.61. The first-order valence-corrected chi connectivity index (χ1v) is 7.76. The Bertz CT molecular complexity index is 457. The van der Waals surface area contributed by atoms with E-state index in [9.17, 15) is 9.59 Å². The summed E-state index contributed by atoms with van der Waals surface area (Å²) in [5.74, 6) is -0.983. The van der Waals surface area contributed by atoms with Gasteiger partial charge in [-0.1, -0.05) is 6.92 Å². The highest BCUT2D eigenvalue weighted by Gasteiger charge is 2.23. The van der Waals surface area contributed by atoms with Gasteiger partial charge in [-0.3, -0.25) is 14.8 Å². The maximum Gasteiger partial charge on any atom is 0.328 e. The molecule has 2 unspecified atom stereocenters. The molecule has 0 saturated carbocycles. The molecule has 9 N–H and O–H groups in total. The number of carbonyl (C=O) groups is 2. The smallest absolute Gasteiger partial charge is 0.328 e. The summed E-state index contributed by atoms with van der Waals surface area (Å²) >= 11 is 0. The first kappa shape index (κ1) is 21.5. The standard InChI is InChI=1S/C14H29N7O3/c1-9(5-3-7-19-13(15)16)11(22)21-10(12(23)24-2)6-4-8-20-14(17)18/h9-10H,3-8H2,1-2H3,(H,21,22)(H4,15,16,19)(H4,17,18,20). The van der Waals surface area contributed by atoms with Gasteiger partial charge < -0.3 is 33.0 Å². The number of nitrogens with zero attached hydrogens (tertiary/aromatic N) is 2. The third kappa shape index (κ3) is 10.2. The Kier molecular flexibility index (Phi) is 10.7. The van der Waals surface area contributed by atoms with E-state index < -0.39 is 12.0 Å². The average molecular weight is 343 g/mol.